The van der Waals surface area contributed by atoms with Crippen LogP contribution in [0.1, 0.15) is 22.0 Å². The summed E-state index contributed by atoms with van der Waals surface area (Å²) >= 11 is 2.23. The van der Waals surface area contributed by atoms with E-state index in [1.54, 1.807) is 6.07 Å². The molecular formula is C13H17FINO. The van der Waals surface area contributed by atoms with Crippen molar-refractivity contribution in [2.45, 2.75) is 17.4 Å². The predicted molar refractivity (Wildman–Crippen MR) is 74.9 cm³/mol. The Bertz CT molecular complexity index is 378. The molecule has 0 aliphatic carbocycles. The molecule has 0 radical (unpaired) electrons. The maximum atomic E-state index is 13.8. The average Bonchev–Trinajstić information content (AvgIpc) is 2.30. The summed E-state index contributed by atoms with van der Waals surface area (Å²) in [6.07, 6.45) is 0. The fourth-order valence-electron chi connectivity index (χ4n) is 2.01. The smallest absolute Gasteiger partial charge is 0.127 e. The molecule has 0 bridgehead atoms. The lowest BCUT2D eigenvalue weighted by atomic mass is 10.1. The Morgan fingerprint density at radius 1 is 1.41 bits per heavy atom. The summed E-state index contributed by atoms with van der Waals surface area (Å²) in [6, 6.07) is 5.60. The van der Waals surface area contributed by atoms with Gasteiger partial charge in [0.2, 0.25) is 0 Å². The van der Waals surface area contributed by atoms with Gasteiger partial charge in [0.1, 0.15) is 5.82 Å². The first-order valence-electron chi connectivity index (χ1n) is 5.89. The van der Waals surface area contributed by atoms with Gasteiger partial charge in [0.15, 0.2) is 0 Å². The minimum Gasteiger partial charge on any atom is -0.379 e. The summed E-state index contributed by atoms with van der Waals surface area (Å²) in [5.74, 6) is -0.0855. The van der Waals surface area contributed by atoms with Crippen LogP contribution in [0.2, 0.25) is 0 Å². The Labute approximate surface area is 115 Å². The molecule has 1 fully saturated rings. The van der Waals surface area contributed by atoms with Crippen molar-refractivity contribution in [3.8, 4) is 0 Å². The normalized spacial score (nSPS) is 19.2. The number of morpholine rings is 1. The molecular weight excluding hydrogens is 332 g/mol. The van der Waals surface area contributed by atoms with Crippen LogP contribution in [0.25, 0.3) is 0 Å². The van der Waals surface area contributed by atoms with E-state index in [2.05, 4.69) is 27.5 Å². The van der Waals surface area contributed by atoms with Gasteiger partial charge in [0, 0.05) is 29.1 Å². The van der Waals surface area contributed by atoms with Crippen molar-refractivity contribution in [2.75, 3.05) is 26.3 Å². The molecule has 4 heteroatoms. The maximum Gasteiger partial charge on any atom is 0.127 e. The minimum atomic E-state index is -0.0855. The molecule has 0 saturated carbocycles. The largest absolute Gasteiger partial charge is 0.379 e. The van der Waals surface area contributed by atoms with E-state index in [1.807, 2.05) is 19.1 Å². The van der Waals surface area contributed by atoms with Gasteiger partial charge in [-0.3, -0.25) is 4.90 Å². The van der Waals surface area contributed by atoms with Gasteiger partial charge < -0.3 is 4.74 Å². The Balaban J connectivity index is 2.04. The zero-order valence-electron chi connectivity index (χ0n) is 9.96. The van der Waals surface area contributed by atoms with Crippen LogP contribution in [0, 0.1) is 5.82 Å². The lowest BCUT2D eigenvalue weighted by molar-refractivity contribution is 0.0341. The quantitative estimate of drug-likeness (QED) is 0.614. The van der Waals surface area contributed by atoms with Gasteiger partial charge >= 0.3 is 0 Å². The summed E-state index contributed by atoms with van der Waals surface area (Å²) in [4.78, 5) is 2.30. The summed E-state index contributed by atoms with van der Waals surface area (Å²) < 4.78 is 19.3. The number of benzene rings is 1. The third-order valence-corrected chi connectivity index (χ3v) is 3.67. The minimum absolute atomic E-state index is 0.0855. The second-order valence-electron chi connectivity index (χ2n) is 4.36. The fourth-order valence-corrected chi connectivity index (χ4v) is 2.51. The first-order chi connectivity index (χ1) is 8.16. The maximum absolute atomic E-state index is 13.8. The van der Waals surface area contributed by atoms with E-state index < -0.39 is 0 Å². The molecule has 17 heavy (non-hydrogen) atoms. The zero-order chi connectivity index (χ0) is 12.3. The van der Waals surface area contributed by atoms with Gasteiger partial charge in [-0.1, -0.05) is 34.7 Å². The molecule has 1 aliphatic heterocycles. The highest BCUT2D eigenvalue weighted by Crippen LogP contribution is 2.25. The highest BCUT2D eigenvalue weighted by atomic mass is 127. The molecule has 94 valence electrons. The first kappa shape index (κ1) is 13.2. The van der Waals surface area contributed by atoms with Crippen LogP contribution in [-0.2, 0) is 11.3 Å². The second-order valence-corrected chi connectivity index (χ2v) is 6.23. The van der Waals surface area contributed by atoms with Gasteiger partial charge in [0.05, 0.1) is 13.2 Å². The summed E-state index contributed by atoms with van der Waals surface area (Å²) in [7, 11) is 0. The Morgan fingerprint density at radius 2 is 2.12 bits per heavy atom. The van der Waals surface area contributed by atoms with Crippen molar-refractivity contribution < 1.29 is 9.13 Å². The van der Waals surface area contributed by atoms with Crippen LogP contribution in [0.15, 0.2) is 18.2 Å². The average molecular weight is 349 g/mol. The van der Waals surface area contributed by atoms with Crippen molar-refractivity contribution in [3.05, 3.63) is 35.1 Å². The number of nitrogens with zero attached hydrogens (tertiary/aromatic N) is 1. The monoisotopic (exact) mass is 349 g/mol. The van der Waals surface area contributed by atoms with E-state index in [9.17, 15) is 4.39 Å². The van der Waals surface area contributed by atoms with Crippen molar-refractivity contribution >= 4 is 22.6 Å². The molecule has 1 aromatic carbocycles. The molecule has 0 amide bonds. The Hall–Kier alpha value is -0.200. The van der Waals surface area contributed by atoms with Gasteiger partial charge in [-0.2, -0.15) is 0 Å². The van der Waals surface area contributed by atoms with E-state index in [0.29, 0.717) is 0 Å². The number of alkyl halides is 1. The topological polar surface area (TPSA) is 12.5 Å². The van der Waals surface area contributed by atoms with Gasteiger partial charge in [0.25, 0.3) is 0 Å². The van der Waals surface area contributed by atoms with Crippen molar-refractivity contribution in [1.82, 2.24) is 4.90 Å². The van der Waals surface area contributed by atoms with Crippen LogP contribution in [0.3, 0.4) is 0 Å². The van der Waals surface area contributed by atoms with Gasteiger partial charge in [-0.25, -0.2) is 4.39 Å². The zero-order valence-corrected chi connectivity index (χ0v) is 12.1. The van der Waals surface area contributed by atoms with Crippen LogP contribution in [0.5, 0.6) is 0 Å². The summed E-state index contributed by atoms with van der Waals surface area (Å²) in [5.41, 5.74) is 1.83. The number of hydrogen-bond acceptors (Lipinski definition) is 2. The summed E-state index contributed by atoms with van der Waals surface area (Å²) in [5, 5.41) is 0. The molecule has 1 saturated heterocycles. The second kappa shape index (κ2) is 6.11. The molecule has 0 spiro atoms. The van der Waals surface area contributed by atoms with E-state index in [4.69, 9.17) is 4.74 Å². The number of halogens is 2. The third-order valence-electron chi connectivity index (χ3n) is 3.00. The highest BCUT2D eigenvalue weighted by Gasteiger charge is 2.13. The molecule has 0 N–H and O–H groups in total. The van der Waals surface area contributed by atoms with E-state index in [-0.39, 0.29) is 9.74 Å². The first-order valence-corrected chi connectivity index (χ1v) is 7.14. The Morgan fingerprint density at radius 3 is 2.71 bits per heavy atom. The fraction of sp³-hybridized carbons (Fsp3) is 0.538. The molecule has 1 aromatic rings. The van der Waals surface area contributed by atoms with Crippen LogP contribution >= 0.6 is 22.6 Å². The third kappa shape index (κ3) is 3.63. The lowest BCUT2D eigenvalue weighted by Crippen LogP contribution is -2.35. The molecule has 2 rings (SSSR count). The summed E-state index contributed by atoms with van der Waals surface area (Å²) in [6.45, 7) is 6.26. The SMILES string of the molecule is CC(I)c1ccc(CN2CCOCC2)cc1F. The predicted octanol–water partition coefficient (Wildman–Crippen LogP) is 3.15. The lowest BCUT2D eigenvalue weighted by Gasteiger charge is -2.26. The van der Waals surface area contributed by atoms with Crippen LogP contribution < -0.4 is 0 Å². The van der Waals surface area contributed by atoms with Crippen LogP contribution in [-0.4, -0.2) is 31.2 Å². The van der Waals surface area contributed by atoms with Crippen molar-refractivity contribution in [3.63, 3.8) is 0 Å². The molecule has 2 nitrogen and oxygen atoms in total. The Kier molecular flexibility index (Phi) is 4.76. The standard InChI is InChI=1S/C13H17FINO/c1-10(15)12-3-2-11(8-13(12)14)9-16-4-6-17-7-5-16/h2-3,8,10H,4-7,9H2,1H3. The van der Waals surface area contributed by atoms with E-state index >= 15 is 0 Å². The molecule has 0 aromatic heterocycles. The van der Waals surface area contributed by atoms with Crippen molar-refractivity contribution in [2.24, 2.45) is 0 Å². The van der Waals surface area contributed by atoms with Crippen molar-refractivity contribution in [1.29, 1.82) is 0 Å². The number of hydrogen-bond donors (Lipinski definition) is 0. The molecule has 1 unspecified atom stereocenters. The van der Waals surface area contributed by atoms with E-state index in [1.165, 1.54) is 0 Å². The van der Waals surface area contributed by atoms with Gasteiger partial charge in [-0.05, 0) is 18.6 Å². The number of rotatable bonds is 3. The number of ether oxygens (including phenoxy) is 1. The molecule has 1 aliphatic rings. The molecule has 1 atom stereocenters. The van der Waals surface area contributed by atoms with E-state index in [0.717, 1.165) is 44.0 Å². The van der Waals surface area contributed by atoms with Gasteiger partial charge in [-0.15, -0.1) is 0 Å². The highest BCUT2D eigenvalue weighted by molar-refractivity contribution is 14.1. The molecule has 1 heterocycles. The van der Waals surface area contributed by atoms with Crippen LogP contribution in [0.4, 0.5) is 4.39 Å².